The Morgan fingerprint density at radius 1 is 1.09 bits per heavy atom. The molecule has 11 nitrogen and oxygen atoms in total. The van der Waals surface area contributed by atoms with Crippen molar-refractivity contribution < 1.29 is 29.4 Å². The highest BCUT2D eigenvalue weighted by atomic mass is 16.4. The van der Waals surface area contributed by atoms with Crippen LogP contribution in [0.4, 0.5) is 0 Å². The molecule has 0 aromatic carbocycles. The molecule has 1 aliphatic rings. The Kier molecular flexibility index (Phi) is 11.6. The normalized spacial score (nSPS) is 19.8. The molecule has 1 aliphatic heterocycles. The number of hydrogen-bond acceptors (Lipinski definition) is 7. The van der Waals surface area contributed by atoms with Crippen molar-refractivity contribution >= 4 is 23.7 Å². The molecule has 1 fully saturated rings. The van der Waals surface area contributed by atoms with Gasteiger partial charge in [-0.15, -0.1) is 0 Å². The van der Waals surface area contributed by atoms with Crippen molar-refractivity contribution in [2.45, 2.75) is 89.6 Å². The van der Waals surface area contributed by atoms with Crippen molar-refractivity contribution in [3.8, 4) is 0 Å². The monoisotopic (exact) mass is 457 g/mol. The summed E-state index contributed by atoms with van der Waals surface area (Å²) in [6, 6.07) is -3.96. The summed E-state index contributed by atoms with van der Waals surface area (Å²) in [6.45, 7) is 5.86. The minimum absolute atomic E-state index is 0.0676. The highest BCUT2D eigenvalue weighted by Crippen LogP contribution is 2.20. The minimum Gasteiger partial charge on any atom is -0.480 e. The molecule has 0 aromatic rings. The number of carbonyl (C=O) groups is 4. The Balaban J connectivity index is 2.95. The fraction of sp³-hybridized carbons (Fsp3) is 0.810. The van der Waals surface area contributed by atoms with Gasteiger partial charge in [0.15, 0.2) is 0 Å². The summed E-state index contributed by atoms with van der Waals surface area (Å²) in [6.07, 6.45) is 1.72. The smallest absolute Gasteiger partial charge is 0.326 e. The van der Waals surface area contributed by atoms with E-state index in [9.17, 15) is 29.4 Å². The maximum atomic E-state index is 13.3. The zero-order valence-corrected chi connectivity index (χ0v) is 19.3. The molecule has 5 atom stereocenters. The van der Waals surface area contributed by atoms with Gasteiger partial charge in [0, 0.05) is 6.54 Å². The highest BCUT2D eigenvalue weighted by Gasteiger charge is 2.39. The number of likely N-dealkylation sites (tertiary alicyclic amines) is 1. The van der Waals surface area contributed by atoms with Crippen molar-refractivity contribution in [2.24, 2.45) is 17.4 Å². The van der Waals surface area contributed by atoms with Crippen LogP contribution in [0.25, 0.3) is 0 Å². The summed E-state index contributed by atoms with van der Waals surface area (Å²) in [5.74, 6) is -2.66. The molecule has 3 amide bonds. The molecule has 0 bridgehead atoms. The molecule has 0 aliphatic carbocycles. The lowest BCUT2D eigenvalue weighted by Gasteiger charge is -2.30. The summed E-state index contributed by atoms with van der Waals surface area (Å²) in [5, 5.41) is 24.1. The number of rotatable bonds is 13. The second-order valence-electron chi connectivity index (χ2n) is 8.83. The number of carbonyl (C=O) groups excluding carboxylic acids is 3. The van der Waals surface area contributed by atoms with Crippen LogP contribution in [-0.2, 0) is 19.2 Å². The van der Waals surface area contributed by atoms with E-state index in [4.69, 9.17) is 11.5 Å². The van der Waals surface area contributed by atoms with Crippen LogP contribution < -0.4 is 22.1 Å². The molecule has 8 N–H and O–H groups in total. The van der Waals surface area contributed by atoms with Crippen LogP contribution in [0.3, 0.4) is 0 Å². The molecule has 32 heavy (non-hydrogen) atoms. The lowest BCUT2D eigenvalue weighted by molar-refractivity contribution is -0.145. The van der Waals surface area contributed by atoms with E-state index in [1.165, 1.54) is 11.8 Å². The number of amides is 3. The van der Waals surface area contributed by atoms with E-state index in [1.54, 1.807) is 0 Å². The molecule has 0 aromatic heterocycles. The quantitative estimate of drug-likeness (QED) is 0.188. The fourth-order valence-electron chi connectivity index (χ4n) is 3.70. The first-order valence-electron chi connectivity index (χ1n) is 11.3. The van der Waals surface area contributed by atoms with Crippen molar-refractivity contribution in [1.29, 1.82) is 0 Å². The largest absolute Gasteiger partial charge is 0.480 e. The number of nitrogens with one attached hydrogen (secondary N) is 2. The van der Waals surface area contributed by atoms with E-state index in [2.05, 4.69) is 10.6 Å². The average molecular weight is 458 g/mol. The lowest BCUT2D eigenvalue weighted by atomic mass is 10.0. The molecule has 11 heteroatoms. The molecule has 0 radical (unpaired) electrons. The number of carboxylic acid groups (broad SMARTS) is 1. The second-order valence-corrected chi connectivity index (χ2v) is 8.83. The summed E-state index contributed by atoms with van der Waals surface area (Å²) in [5.41, 5.74) is 11.2. The lowest BCUT2D eigenvalue weighted by Crippen LogP contribution is -2.57. The maximum absolute atomic E-state index is 13.3. The number of nitrogens with zero attached hydrogens (tertiary/aromatic N) is 1. The van der Waals surface area contributed by atoms with Crippen LogP contribution in [0.15, 0.2) is 0 Å². The van der Waals surface area contributed by atoms with Crippen molar-refractivity contribution in [3.63, 3.8) is 0 Å². The standard InChI is InChI=1S/C21H39N5O6/c1-12(2)11-15(21(31)32)25-18(28)16-8-6-10-26(16)20(30)14(7-4-5-9-22)24-19(29)17(23)13(3)27/h12-17,27H,4-11,22-23H2,1-3H3,(H,24,29)(H,25,28)(H,31,32). The van der Waals surface area contributed by atoms with Crippen molar-refractivity contribution in [3.05, 3.63) is 0 Å². The van der Waals surface area contributed by atoms with E-state index in [1.807, 2.05) is 13.8 Å². The fourth-order valence-corrected chi connectivity index (χ4v) is 3.70. The molecule has 0 saturated carbocycles. The van der Waals surface area contributed by atoms with Crippen molar-refractivity contribution in [1.82, 2.24) is 15.5 Å². The number of hydrogen-bond donors (Lipinski definition) is 6. The summed E-state index contributed by atoms with van der Waals surface area (Å²) in [7, 11) is 0. The van der Waals surface area contributed by atoms with Gasteiger partial charge in [0.25, 0.3) is 0 Å². The van der Waals surface area contributed by atoms with Gasteiger partial charge in [0.05, 0.1) is 6.10 Å². The predicted octanol–water partition coefficient (Wildman–Crippen LogP) is -1.09. The third kappa shape index (κ3) is 8.36. The first-order valence-corrected chi connectivity index (χ1v) is 11.3. The van der Waals surface area contributed by atoms with E-state index >= 15 is 0 Å². The maximum Gasteiger partial charge on any atom is 0.326 e. The van der Waals surface area contributed by atoms with Crippen LogP contribution >= 0.6 is 0 Å². The van der Waals surface area contributed by atoms with Crippen LogP contribution in [0.2, 0.25) is 0 Å². The molecular weight excluding hydrogens is 418 g/mol. The van der Waals surface area contributed by atoms with Crippen molar-refractivity contribution in [2.75, 3.05) is 13.1 Å². The Hall–Kier alpha value is -2.24. The Bertz CT molecular complexity index is 657. The van der Waals surface area contributed by atoms with Gasteiger partial charge in [0.2, 0.25) is 17.7 Å². The number of aliphatic carboxylic acids is 1. The van der Waals surface area contributed by atoms with E-state index in [-0.39, 0.29) is 12.3 Å². The molecule has 1 rings (SSSR count). The van der Waals surface area contributed by atoms with Gasteiger partial charge in [-0.1, -0.05) is 13.8 Å². The van der Waals surface area contributed by atoms with Gasteiger partial charge in [0.1, 0.15) is 24.2 Å². The van der Waals surface area contributed by atoms with E-state index in [0.717, 1.165) is 0 Å². The first kappa shape index (κ1) is 27.8. The number of carboxylic acids is 1. The third-order valence-electron chi connectivity index (χ3n) is 5.54. The minimum atomic E-state index is -1.19. The number of aliphatic hydroxyl groups is 1. The van der Waals surface area contributed by atoms with Crippen LogP contribution in [0.5, 0.6) is 0 Å². The SMILES string of the molecule is CC(C)CC(NC(=O)C1CCCN1C(=O)C(CCCCN)NC(=O)C(N)C(C)O)C(=O)O. The van der Waals surface area contributed by atoms with Crippen LogP contribution in [-0.4, -0.2) is 82.2 Å². The average Bonchev–Trinajstić information content (AvgIpc) is 3.20. The summed E-state index contributed by atoms with van der Waals surface area (Å²) in [4.78, 5) is 51.3. The third-order valence-corrected chi connectivity index (χ3v) is 5.54. The number of nitrogens with two attached hydrogens (primary N) is 2. The summed E-state index contributed by atoms with van der Waals surface area (Å²) >= 11 is 0. The summed E-state index contributed by atoms with van der Waals surface area (Å²) < 4.78 is 0. The molecule has 1 saturated heterocycles. The van der Waals surface area contributed by atoms with Gasteiger partial charge in [-0.2, -0.15) is 0 Å². The Morgan fingerprint density at radius 3 is 2.28 bits per heavy atom. The van der Waals surface area contributed by atoms with Gasteiger partial charge in [-0.25, -0.2) is 4.79 Å². The molecular formula is C21H39N5O6. The molecule has 1 heterocycles. The Labute approximate surface area is 189 Å². The van der Waals surface area contributed by atoms with Crippen LogP contribution in [0.1, 0.15) is 59.3 Å². The number of unbranched alkanes of at least 4 members (excludes halogenated alkanes) is 1. The van der Waals surface area contributed by atoms with Gasteiger partial charge in [-0.3, -0.25) is 14.4 Å². The zero-order valence-electron chi connectivity index (χ0n) is 19.3. The predicted molar refractivity (Wildman–Crippen MR) is 118 cm³/mol. The Morgan fingerprint density at radius 2 is 1.75 bits per heavy atom. The van der Waals surface area contributed by atoms with Crippen LogP contribution in [0, 0.1) is 5.92 Å². The second kappa shape index (κ2) is 13.3. The number of aliphatic hydroxyl groups excluding tert-OH is 1. The van der Waals surface area contributed by atoms with Gasteiger partial charge in [-0.05, 0) is 57.9 Å². The first-order chi connectivity index (χ1) is 15.0. The van der Waals surface area contributed by atoms with Gasteiger partial charge < -0.3 is 37.2 Å². The van der Waals surface area contributed by atoms with Gasteiger partial charge >= 0.3 is 5.97 Å². The highest BCUT2D eigenvalue weighted by molar-refractivity contribution is 5.94. The van der Waals surface area contributed by atoms with E-state index < -0.39 is 54.0 Å². The van der Waals surface area contributed by atoms with E-state index in [0.29, 0.717) is 45.2 Å². The molecule has 184 valence electrons. The molecule has 5 unspecified atom stereocenters. The topological polar surface area (TPSA) is 188 Å². The zero-order chi connectivity index (χ0) is 24.4. The molecule has 0 spiro atoms.